The van der Waals surface area contributed by atoms with E-state index in [0.717, 1.165) is 11.1 Å². The standard InChI is InChI=1S/C19H20OS/c1-19(2,3)16-10-5-4-8-14(16)17(20)15-9-6-7-13-11-12-21-18(13)15/h4-12,17,20H,1-3H3. The SMILES string of the molecule is CC(C)(C)c1ccccc1C(O)c1cccc2ccsc12. The molecular weight excluding hydrogens is 276 g/mol. The summed E-state index contributed by atoms with van der Waals surface area (Å²) < 4.78 is 1.17. The zero-order valence-electron chi connectivity index (χ0n) is 12.6. The topological polar surface area (TPSA) is 20.2 Å². The molecule has 3 aromatic rings. The van der Waals surface area contributed by atoms with Crippen LogP contribution < -0.4 is 0 Å². The van der Waals surface area contributed by atoms with Crippen LogP contribution in [0.2, 0.25) is 0 Å². The smallest absolute Gasteiger partial charge is 0.106 e. The van der Waals surface area contributed by atoms with Crippen molar-refractivity contribution in [2.45, 2.75) is 32.3 Å². The maximum Gasteiger partial charge on any atom is 0.106 e. The van der Waals surface area contributed by atoms with Gasteiger partial charge in [0.15, 0.2) is 0 Å². The molecule has 0 aliphatic carbocycles. The predicted molar refractivity (Wildman–Crippen MR) is 91.0 cm³/mol. The van der Waals surface area contributed by atoms with Gasteiger partial charge in [0.05, 0.1) is 0 Å². The molecular formula is C19H20OS. The van der Waals surface area contributed by atoms with Gasteiger partial charge >= 0.3 is 0 Å². The third-order valence-electron chi connectivity index (χ3n) is 3.87. The Morgan fingerprint density at radius 3 is 2.38 bits per heavy atom. The van der Waals surface area contributed by atoms with Gasteiger partial charge in [0.1, 0.15) is 6.10 Å². The van der Waals surface area contributed by atoms with E-state index in [1.54, 1.807) is 11.3 Å². The molecule has 0 aliphatic heterocycles. The van der Waals surface area contributed by atoms with Crippen LogP contribution in [0.4, 0.5) is 0 Å². The molecule has 1 heterocycles. The van der Waals surface area contributed by atoms with E-state index < -0.39 is 6.10 Å². The largest absolute Gasteiger partial charge is 0.384 e. The van der Waals surface area contributed by atoms with Crippen LogP contribution in [-0.4, -0.2) is 5.11 Å². The van der Waals surface area contributed by atoms with Crippen molar-refractivity contribution in [3.63, 3.8) is 0 Å². The molecule has 2 aromatic carbocycles. The van der Waals surface area contributed by atoms with Crippen molar-refractivity contribution in [2.75, 3.05) is 0 Å². The van der Waals surface area contributed by atoms with Crippen LogP contribution in [0.5, 0.6) is 0 Å². The van der Waals surface area contributed by atoms with Gasteiger partial charge in [-0.05, 0) is 33.4 Å². The minimum Gasteiger partial charge on any atom is -0.384 e. The lowest BCUT2D eigenvalue weighted by Gasteiger charge is -2.25. The Hall–Kier alpha value is -1.64. The molecule has 1 nitrogen and oxygen atoms in total. The second-order valence-corrected chi connectivity index (χ2v) is 7.34. The van der Waals surface area contributed by atoms with Gasteiger partial charge in [0, 0.05) is 10.3 Å². The molecule has 0 amide bonds. The van der Waals surface area contributed by atoms with Crippen molar-refractivity contribution in [1.82, 2.24) is 0 Å². The summed E-state index contributed by atoms with van der Waals surface area (Å²) in [5.41, 5.74) is 3.22. The lowest BCUT2D eigenvalue weighted by Crippen LogP contribution is -2.16. The zero-order chi connectivity index (χ0) is 15.0. The first-order chi connectivity index (χ1) is 9.98. The first-order valence-electron chi connectivity index (χ1n) is 7.22. The van der Waals surface area contributed by atoms with Crippen LogP contribution in [0.3, 0.4) is 0 Å². The number of hydrogen-bond donors (Lipinski definition) is 1. The Labute approximate surface area is 129 Å². The lowest BCUT2D eigenvalue weighted by molar-refractivity contribution is 0.219. The van der Waals surface area contributed by atoms with E-state index in [0.29, 0.717) is 0 Å². The fraction of sp³-hybridized carbons (Fsp3) is 0.263. The predicted octanol–water partition coefficient (Wildman–Crippen LogP) is 5.28. The summed E-state index contributed by atoms with van der Waals surface area (Å²) in [7, 11) is 0. The Bertz CT molecular complexity index is 764. The number of fused-ring (bicyclic) bond motifs is 1. The number of thiophene rings is 1. The van der Waals surface area contributed by atoms with Gasteiger partial charge < -0.3 is 5.11 Å². The molecule has 0 saturated heterocycles. The number of benzene rings is 2. The number of aliphatic hydroxyl groups excluding tert-OH is 1. The fourth-order valence-corrected chi connectivity index (χ4v) is 3.76. The highest BCUT2D eigenvalue weighted by atomic mass is 32.1. The van der Waals surface area contributed by atoms with E-state index in [2.05, 4.69) is 44.4 Å². The summed E-state index contributed by atoms with van der Waals surface area (Å²) in [5, 5.41) is 14.2. The molecule has 1 N–H and O–H groups in total. The summed E-state index contributed by atoms with van der Waals surface area (Å²) in [6.07, 6.45) is -0.581. The molecule has 3 rings (SSSR count). The normalized spacial score (nSPS) is 13.5. The van der Waals surface area contributed by atoms with Crippen LogP contribution in [0.15, 0.2) is 53.9 Å². The highest BCUT2D eigenvalue weighted by Crippen LogP contribution is 2.36. The molecule has 1 aromatic heterocycles. The van der Waals surface area contributed by atoms with Crippen molar-refractivity contribution in [3.05, 3.63) is 70.6 Å². The molecule has 0 bridgehead atoms. The summed E-state index contributed by atoms with van der Waals surface area (Å²) in [6.45, 7) is 6.55. The van der Waals surface area contributed by atoms with Crippen LogP contribution in [0.1, 0.15) is 43.6 Å². The van der Waals surface area contributed by atoms with Crippen LogP contribution >= 0.6 is 11.3 Å². The van der Waals surface area contributed by atoms with E-state index in [1.165, 1.54) is 15.6 Å². The molecule has 108 valence electrons. The average molecular weight is 296 g/mol. The Balaban J connectivity index is 2.15. The maximum absolute atomic E-state index is 11.0. The lowest BCUT2D eigenvalue weighted by atomic mass is 9.81. The van der Waals surface area contributed by atoms with Crippen molar-refractivity contribution in [2.24, 2.45) is 0 Å². The zero-order valence-corrected chi connectivity index (χ0v) is 13.4. The Kier molecular flexibility index (Phi) is 3.60. The number of aliphatic hydroxyl groups is 1. The molecule has 0 radical (unpaired) electrons. The van der Waals surface area contributed by atoms with E-state index in [-0.39, 0.29) is 5.41 Å². The third-order valence-corrected chi connectivity index (χ3v) is 4.85. The maximum atomic E-state index is 11.0. The van der Waals surface area contributed by atoms with Gasteiger partial charge in [-0.15, -0.1) is 11.3 Å². The number of hydrogen-bond acceptors (Lipinski definition) is 2. The van der Waals surface area contributed by atoms with Gasteiger partial charge in [0.25, 0.3) is 0 Å². The molecule has 0 aliphatic rings. The Morgan fingerprint density at radius 2 is 1.62 bits per heavy atom. The molecule has 0 saturated carbocycles. The fourth-order valence-electron chi connectivity index (χ4n) is 2.82. The molecule has 0 fully saturated rings. The summed E-state index contributed by atoms with van der Waals surface area (Å²) >= 11 is 1.69. The van der Waals surface area contributed by atoms with Gasteiger partial charge in [-0.25, -0.2) is 0 Å². The van der Waals surface area contributed by atoms with E-state index in [4.69, 9.17) is 0 Å². The highest BCUT2D eigenvalue weighted by Gasteiger charge is 2.23. The second-order valence-electron chi connectivity index (χ2n) is 6.43. The number of rotatable bonds is 2. The quantitative estimate of drug-likeness (QED) is 0.682. The minimum absolute atomic E-state index is 0.0148. The summed E-state index contributed by atoms with van der Waals surface area (Å²) in [6, 6.07) is 16.5. The van der Waals surface area contributed by atoms with E-state index >= 15 is 0 Å². The molecule has 21 heavy (non-hydrogen) atoms. The third kappa shape index (κ3) is 2.61. The van der Waals surface area contributed by atoms with Crippen LogP contribution in [0, 0.1) is 0 Å². The highest BCUT2D eigenvalue weighted by molar-refractivity contribution is 7.17. The van der Waals surface area contributed by atoms with E-state index in [1.807, 2.05) is 30.3 Å². The van der Waals surface area contributed by atoms with Gasteiger partial charge in [0.2, 0.25) is 0 Å². The Morgan fingerprint density at radius 1 is 0.905 bits per heavy atom. The first-order valence-corrected chi connectivity index (χ1v) is 8.10. The van der Waals surface area contributed by atoms with Crippen LogP contribution in [-0.2, 0) is 5.41 Å². The van der Waals surface area contributed by atoms with Crippen molar-refractivity contribution >= 4 is 21.4 Å². The summed E-state index contributed by atoms with van der Waals surface area (Å²) in [5.74, 6) is 0. The van der Waals surface area contributed by atoms with E-state index in [9.17, 15) is 5.11 Å². The van der Waals surface area contributed by atoms with Gasteiger partial charge in [-0.1, -0.05) is 63.2 Å². The van der Waals surface area contributed by atoms with Crippen LogP contribution in [0.25, 0.3) is 10.1 Å². The van der Waals surface area contributed by atoms with Crippen molar-refractivity contribution in [1.29, 1.82) is 0 Å². The second kappa shape index (κ2) is 5.28. The van der Waals surface area contributed by atoms with Gasteiger partial charge in [-0.3, -0.25) is 0 Å². The molecule has 1 unspecified atom stereocenters. The monoisotopic (exact) mass is 296 g/mol. The first kappa shape index (κ1) is 14.3. The average Bonchev–Trinajstić information content (AvgIpc) is 2.94. The summed E-state index contributed by atoms with van der Waals surface area (Å²) in [4.78, 5) is 0. The molecule has 0 spiro atoms. The van der Waals surface area contributed by atoms with Crippen molar-refractivity contribution in [3.8, 4) is 0 Å². The molecule has 1 atom stereocenters. The van der Waals surface area contributed by atoms with Gasteiger partial charge in [-0.2, -0.15) is 0 Å². The van der Waals surface area contributed by atoms with Crippen molar-refractivity contribution < 1.29 is 5.11 Å². The minimum atomic E-state index is -0.581. The molecule has 2 heteroatoms.